The number of imidazole rings is 1. The number of H-pyrrole nitrogens is 1. The minimum absolute atomic E-state index is 0.0159. The minimum atomic E-state index is -0.932. The molecule has 0 amide bonds. The predicted molar refractivity (Wildman–Crippen MR) is 110 cm³/mol. The van der Waals surface area contributed by atoms with Gasteiger partial charge in [0.15, 0.2) is 11.2 Å². The molecule has 2 heterocycles. The lowest BCUT2D eigenvalue weighted by Gasteiger charge is -2.15. The third-order valence-electron chi connectivity index (χ3n) is 4.12. The molecule has 10 heteroatoms. The first-order valence-corrected chi connectivity index (χ1v) is 9.21. The molecule has 1 unspecified atom stereocenters. The monoisotopic (exact) mass is 400 g/mol. The van der Waals surface area contributed by atoms with Crippen LogP contribution in [-0.4, -0.2) is 43.1 Å². The Kier molecular flexibility index (Phi) is 6.13. The fraction of sp³-hybridized carbons (Fsp3) is 0.368. The van der Waals surface area contributed by atoms with Gasteiger partial charge in [0.1, 0.15) is 18.5 Å². The van der Waals surface area contributed by atoms with Crippen LogP contribution in [0.15, 0.2) is 45.0 Å². The van der Waals surface area contributed by atoms with Crippen LogP contribution in [0.3, 0.4) is 0 Å². The van der Waals surface area contributed by atoms with E-state index in [1.54, 1.807) is 18.3 Å². The van der Waals surface area contributed by atoms with Gasteiger partial charge < -0.3 is 14.4 Å². The van der Waals surface area contributed by atoms with E-state index < -0.39 is 17.4 Å². The zero-order chi connectivity index (χ0) is 21.0. The molecular weight excluding hydrogens is 376 g/mol. The van der Waals surface area contributed by atoms with Crippen molar-refractivity contribution in [2.75, 3.05) is 12.0 Å². The Morgan fingerprint density at radius 3 is 2.72 bits per heavy atom. The van der Waals surface area contributed by atoms with Crippen LogP contribution in [0.25, 0.3) is 11.2 Å². The van der Waals surface area contributed by atoms with Crippen molar-refractivity contribution in [3.63, 3.8) is 0 Å². The molecule has 3 aromatic rings. The standard InChI is InChI=1S/C19H24N6O4/c1-12(2)9-20-23-18-21-16-15(17(27)22-19(28)24(16)3)25(18)10-13(26)11-29-14-7-5-4-6-8-14/h4-9,12-13,26H,10-11H2,1-3H3,(H,21,23)(H,22,27,28)/b20-9+. The Balaban J connectivity index is 1.92. The number of hydrazone groups is 1. The zero-order valence-corrected chi connectivity index (χ0v) is 16.5. The number of aromatic amines is 1. The molecule has 3 N–H and O–H groups in total. The van der Waals surface area contributed by atoms with Crippen LogP contribution in [0.4, 0.5) is 5.95 Å². The minimum Gasteiger partial charge on any atom is -0.491 e. The van der Waals surface area contributed by atoms with Gasteiger partial charge in [0.05, 0.1) is 6.54 Å². The number of nitrogens with one attached hydrogen (secondary N) is 2. The average molecular weight is 400 g/mol. The number of aryl methyl sites for hydroxylation is 1. The number of fused-ring (bicyclic) bond motifs is 1. The van der Waals surface area contributed by atoms with Crippen LogP contribution in [0.5, 0.6) is 5.75 Å². The molecule has 0 bridgehead atoms. The summed E-state index contributed by atoms with van der Waals surface area (Å²) in [5.74, 6) is 1.07. The van der Waals surface area contributed by atoms with Gasteiger partial charge in [0, 0.05) is 13.3 Å². The molecule has 1 atom stereocenters. The van der Waals surface area contributed by atoms with Crippen molar-refractivity contribution in [1.82, 2.24) is 19.1 Å². The number of benzene rings is 1. The van der Waals surface area contributed by atoms with E-state index in [1.807, 2.05) is 32.0 Å². The van der Waals surface area contributed by atoms with Crippen LogP contribution < -0.4 is 21.4 Å². The van der Waals surface area contributed by atoms with Gasteiger partial charge in [0.25, 0.3) is 5.56 Å². The van der Waals surface area contributed by atoms with Gasteiger partial charge in [-0.15, -0.1) is 0 Å². The molecule has 1 aromatic carbocycles. The van der Waals surface area contributed by atoms with Crippen molar-refractivity contribution in [2.24, 2.45) is 18.1 Å². The second-order valence-electron chi connectivity index (χ2n) is 6.95. The van der Waals surface area contributed by atoms with Gasteiger partial charge in [-0.2, -0.15) is 10.1 Å². The summed E-state index contributed by atoms with van der Waals surface area (Å²) >= 11 is 0. The highest BCUT2D eigenvalue weighted by molar-refractivity contribution is 5.74. The molecule has 0 aliphatic heterocycles. The Morgan fingerprint density at radius 1 is 1.31 bits per heavy atom. The molecule has 3 rings (SSSR count). The van der Waals surface area contributed by atoms with Crippen molar-refractivity contribution < 1.29 is 9.84 Å². The van der Waals surface area contributed by atoms with Gasteiger partial charge in [-0.25, -0.2) is 10.2 Å². The van der Waals surface area contributed by atoms with Gasteiger partial charge in [-0.3, -0.25) is 14.3 Å². The summed E-state index contributed by atoms with van der Waals surface area (Å²) in [6.45, 7) is 3.96. The maximum Gasteiger partial charge on any atom is 0.329 e. The summed E-state index contributed by atoms with van der Waals surface area (Å²) in [5, 5.41) is 14.6. The second-order valence-corrected chi connectivity index (χ2v) is 6.95. The summed E-state index contributed by atoms with van der Waals surface area (Å²) in [6.07, 6.45) is 0.751. The molecule has 2 aromatic heterocycles. The van der Waals surface area contributed by atoms with E-state index >= 15 is 0 Å². The van der Waals surface area contributed by atoms with Gasteiger partial charge in [0.2, 0.25) is 5.95 Å². The quantitative estimate of drug-likeness (QED) is 0.381. The number of hydrogen-bond acceptors (Lipinski definition) is 7. The molecule has 29 heavy (non-hydrogen) atoms. The van der Waals surface area contributed by atoms with E-state index in [4.69, 9.17) is 4.74 Å². The fourth-order valence-corrected chi connectivity index (χ4v) is 2.71. The third-order valence-corrected chi connectivity index (χ3v) is 4.12. The molecule has 0 spiro atoms. The average Bonchev–Trinajstić information content (AvgIpc) is 3.04. The van der Waals surface area contributed by atoms with Crippen LogP contribution >= 0.6 is 0 Å². The smallest absolute Gasteiger partial charge is 0.329 e. The number of aromatic nitrogens is 4. The fourth-order valence-electron chi connectivity index (χ4n) is 2.71. The summed E-state index contributed by atoms with van der Waals surface area (Å²) in [7, 11) is 1.51. The van der Waals surface area contributed by atoms with Gasteiger partial charge >= 0.3 is 5.69 Å². The largest absolute Gasteiger partial charge is 0.491 e. The number of aliphatic hydroxyl groups excluding tert-OH is 1. The molecule has 0 fully saturated rings. The Bertz CT molecular complexity index is 1110. The van der Waals surface area contributed by atoms with Crippen LogP contribution in [0, 0.1) is 5.92 Å². The zero-order valence-electron chi connectivity index (χ0n) is 16.5. The number of rotatable bonds is 8. The first-order chi connectivity index (χ1) is 13.9. The number of nitrogens with zero attached hydrogens (tertiary/aromatic N) is 4. The SMILES string of the molecule is CC(C)/C=N/Nc1nc2c(c(=O)[nH]c(=O)n2C)n1CC(O)COc1ccccc1. The van der Waals surface area contributed by atoms with Gasteiger partial charge in [-0.05, 0) is 18.1 Å². The maximum atomic E-state index is 12.4. The third kappa shape index (κ3) is 4.72. The van der Waals surface area contributed by atoms with E-state index in [9.17, 15) is 14.7 Å². The molecule has 0 radical (unpaired) electrons. The highest BCUT2D eigenvalue weighted by Gasteiger charge is 2.19. The number of para-hydroxylation sites is 1. The van der Waals surface area contributed by atoms with E-state index in [0.29, 0.717) is 5.75 Å². The Labute approximate surface area is 166 Å². The lowest BCUT2D eigenvalue weighted by Crippen LogP contribution is -2.30. The van der Waals surface area contributed by atoms with Crippen LogP contribution in [0.2, 0.25) is 0 Å². The first kappa shape index (κ1) is 20.3. The number of anilines is 1. The molecule has 0 aliphatic rings. The normalized spacial score (nSPS) is 12.7. The lowest BCUT2D eigenvalue weighted by molar-refractivity contribution is 0.0938. The predicted octanol–water partition coefficient (Wildman–Crippen LogP) is 0.917. The molecule has 154 valence electrons. The maximum absolute atomic E-state index is 12.4. The molecule has 0 saturated carbocycles. The molecule has 0 aliphatic carbocycles. The topological polar surface area (TPSA) is 127 Å². The Hall–Kier alpha value is -3.40. The molecule has 10 nitrogen and oxygen atoms in total. The summed E-state index contributed by atoms with van der Waals surface area (Å²) in [4.78, 5) is 30.9. The van der Waals surface area contributed by atoms with Crippen molar-refractivity contribution in [3.8, 4) is 5.75 Å². The van der Waals surface area contributed by atoms with Crippen molar-refractivity contribution >= 4 is 23.3 Å². The van der Waals surface area contributed by atoms with Crippen molar-refractivity contribution in [3.05, 3.63) is 51.2 Å². The molecule has 0 saturated heterocycles. The van der Waals surface area contributed by atoms with Crippen LogP contribution in [-0.2, 0) is 13.6 Å². The Morgan fingerprint density at radius 2 is 2.03 bits per heavy atom. The van der Waals surface area contributed by atoms with Gasteiger partial charge in [-0.1, -0.05) is 32.0 Å². The summed E-state index contributed by atoms with van der Waals surface area (Å²) < 4.78 is 8.30. The van der Waals surface area contributed by atoms with Crippen molar-refractivity contribution in [1.29, 1.82) is 0 Å². The van der Waals surface area contributed by atoms with E-state index in [-0.39, 0.29) is 36.2 Å². The highest BCUT2D eigenvalue weighted by Crippen LogP contribution is 2.17. The summed E-state index contributed by atoms with van der Waals surface area (Å²) in [6, 6.07) is 9.10. The lowest BCUT2D eigenvalue weighted by atomic mass is 10.3. The highest BCUT2D eigenvalue weighted by atomic mass is 16.5. The van der Waals surface area contributed by atoms with E-state index in [0.717, 1.165) is 0 Å². The van der Waals surface area contributed by atoms with Crippen LogP contribution in [0.1, 0.15) is 13.8 Å². The second kappa shape index (κ2) is 8.74. The number of aliphatic hydroxyl groups is 1. The van der Waals surface area contributed by atoms with E-state index in [1.165, 1.54) is 16.2 Å². The molecular formula is C19H24N6O4. The van der Waals surface area contributed by atoms with Crippen molar-refractivity contribution in [2.45, 2.75) is 26.5 Å². The first-order valence-electron chi connectivity index (χ1n) is 9.21. The number of ether oxygens (including phenoxy) is 1. The van der Waals surface area contributed by atoms with E-state index in [2.05, 4.69) is 20.5 Å². The number of hydrogen-bond donors (Lipinski definition) is 3. The summed E-state index contributed by atoms with van der Waals surface area (Å²) in [5.41, 5.74) is 1.98.